The zero-order valence-corrected chi connectivity index (χ0v) is 17.6. The molecule has 6 nitrogen and oxygen atoms in total. The summed E-state index contributed by atoms with van der Waals surface area (Å²) in [6.45, 7) is 1.71. The quantitative estimate of drug-likeness (QED) is 0.427. The van der Waals surface area contributed by atoms with Gasteiger partial charge in [-0.3, -0.25) is 14.2 Å². The predicted octanol–water partition coefficient (Wildman–Crippen LogP) is 4.59. The molecule has 0 radical (unpaired) electrons. The molecule has 7 heteroatoms. The van der Waals surface area contributed by atoms with E-state index >= 15 is 0 Å². The Balaban J connectivity index is 1.82. The van der Waals surface area contributed by atoms with Crippen LogP contribution in [0.5, 0.6) is 11.5 Å². The molecule has 2 aromatic heterocycles. The van der Waals surface area contributed by atoms with Crippen molar-refractivity contribution in [1.82, 2.24) is 9.55 Å². The van der Waals surface area contributed by atoms with Gasteiger partial charge in [-0.05, 0) is 24.6 Å². The molecule has 0 amide bonds. The van der Waals surface area contributed by atoms with Crippen LogP contribution in [0.15, 0.2) is 65.0 Å². The number of benzene rings is 2. The maximum absolute atomic E-state index is 13.4. The molecule has 4 aromatic rings. The number of thiophene rings is 1. The van der Waals surface area contributed by atoms with Crippen molar-refractivity contribution in [2.45, 2.75) is 13.0 Å². The number of fused-ring (bicyclic) bond motifs is 1. The fraction of sp³-hybridized carbons (Fsp3) is 0.174. The summed E-state index contributed by atoms with van der Waals surface area (Å²) in [6, 6.07) is 13.8. The average molecular weight is 420 g/mol. The van der Waals surface area contributed by atoms with Crippen LogP contribution >= 0.6 is 11.3 Å². The van der Waals surface area contributed by atoms with E-state index in [0.717, 1.165) is 11.1 Å². The van der Waals surface area contributed by atoms with Crippen LogP contribution in [-0.2, 0) is 0 Å². The molecule has 1 unspecified atom stereocenters. The predicted molar refractivity (Wildman–Crippen MR) is 118 cm³/mol. The summed E-state index contributed by atoms with van der Waals surface area (Å²) >= 11 is 1.39. The monoisotopic (exact) mass is 420 g/mol. The molecular weight excluding hydrogens is 400 g/mol. The topological polar surface area (TPSA) is 70.4 Å². The van der Waals surface area contributed by atoms with Gasteiger partial charge in [0, 0.05) is 16.5 Å². The zero-order chi connectivity index (χ0) is 21.3. The molecule has 1 atom stereocenters. The van der Waals surface area contributed by atoms with E-state index < -0.39 is 6.04 Å². The van der Waals surface area contributed by atoms with E-state index in [0.29, 0.717) is 27.3 Å². The van der Waals surface area contributed by atoms with E-state index in [1.807, 2.05) is 23.6 Å². The van der Waals surface area contributed by atoms with Crippen LogP contribution in [0.1, 0.15) is 23.3 Å². The third-order valence-electron chi connectivity index (χ3n) is 5.07. The Kier molecular flexibility index (Phi) is 5.37. The first kappa shape index (κ1) is 19.8. The normalized spacial score (nSPS) is 12.0. The van der Waals surface area contributed by atoms with Crippen molar-refractivity contribution in [2.75, 3.05) is 14.2 Å². The standard InChI is InChI=1S/C23H20N2O4S/c1-14(21(26)15-7-5-4-6-8-15)25-13-24-22-20(23(25)27)17(12-30-22)16-9-10-18(28-2)19(11-16)29-3/h4-14H,1-3H3. The maximum atomic E-state index is 13.4. The van der Waals surface area contributed by atoms with Crippen molar-refractivity contribution in [1.29, 1.82) is 0 Å². The molecule has 0 spiro atoms. The molecule has 0 saturated carbocycles. The van der Waals surface area contributed by atoms with Gasteiger partial charge in [-0.25, -0.2) is 4.98 Å². The Morgan fingerprint density at radius 3 is 2.50 bits per heavy atom. The lowest BCUT2D eigenvalue weighted by molar-refractivity contribution is 0.0932. The van der Waals surface area contributed by atoms with Gasteiger partial charge in [-0.1, -0.05) is 36.4 Å². The summed E-state index contributed by atoms with van der Waals surface area (Å²) in [6.07, 6.45) is 1.45. The second-order valence-electron chi connectivity index (χ2n) is 6.76. The first-order chi connectivity index (χ1) is 14.5. The van der Waals surface area contributed by atoms with Crippen molar-refractivity contribution in [3.8, 4) is 22.6 Å². The highest BCUT2D eigenvalue weighted by Crippen LogP contribution is 2.36. The van der Waals surface area contributed by atoms with Crippen LogP contribution in [0.25, 0.3) is 21.3 Å². The average Bonchev–Trinajstić information content (AvgIpc) is 3.23. The first-order valence-corrected chi connectivity index (χ1v) is 10.2. The lowest BCUT2D eigenvalue weighted by Crippen LogP contribution is -2.28. The summed E-state index contributed by atoms with van der Waals surface area (Å²) in [5.74, 6) is 1.05. The van der Waals surface area contributed by atoms with E-state index in [4.69, 9.17) is 9.47 Å². The Morgan fingerprint density at radius 2 is 1.80 bits per heavy atom. The van der Waals surface area contributed by atoms with Crippen LogP contribution < -0.4 is 15.0 Å². The summed E-state index contributed by atoms with van der Waals surface area (Å²) in [5, 5.41) is 2.39. The minimum absolute atomic E-state index is 0.137. The zero-order valence-electron chi connectivity index (χ0n) is 16.8. The minimum Gasteiger partial charge on any atom is -0.493 e. The highest BCUT2D eigenvalue weighted by molar-refractivity contribution is 7.17. The molecule has 2 heterocycles. The number of rotatable bonds is 6. The largest absolute Gasteiger partial charge is 0.493 e. The molecule has 152 valence electrons. The minimum atomic E-state index is -0.671. The molecule has 0 saturated heterocycles. The fourth-order valence-electron chi connectivity index (χ4n) is 3.41. The Labute approximate surface area is 177 Å². The Hall–Kier alpha value is -3.45. The smallest absolute Gasteiger partial charge is 0.263 e. The fourth-order valence-corrected chi connectivity index (χ4v) is 4.31. The van der Waals surface area contributed by atoms with Gasteiger partial charge in [0.2, 0.25) is 0 Å². The summed E-state index contributed by atoms with van der Waals surface area (Å²) in [4.78, 5) is 31.3. The van der Waals surface area contributed by atoms with Crippen molar-refractivity contribution in [3.63, 3.8) is 0 Å². The number of hydrogen-bond acceptors (Lipinski definition) is 6. The van der Waals surface area contributed by atoms with E-state index in [1.165, 1.54) is 22.2 Å². The molecule has 0 fully saturated rings. The van der Waals surface area contributed by atoms with Crippen LogP contribution in [0.3, 0.4) is 0 Å². The van der Waals surface area contributed by atoms with Crippen molar-refractivity contribution < 1.29 is 14.3 Å². The molecule has 2 aromatic carbocycles. The van der Waals surface area contributed by atoms with E-state index in [1.54, 1.807) is 51.5 Å². The van der Waals surface area contributed by atoms with Gasteiger partial charge in [0.15, 0.2) is 17.3 Å². The van der Waals surface area contributed by atoms with Gasteiger partial charge in [-0.2, -0.15) is 0 Å². The molecule has 0 N–H and O–H groups in total. The number of nitrogens with zero attached hydrogens (tertiary/aromatic N) is 2. The highest BCUT2D eigenvalue weighted by atomic mass is 32.1. The van der Waals surface area contributed by atoms with Crippen molar-refractivity contribution in [3.05, 3.63) is 76.2 Å². The number of carbonyl (C=O) groups is 1. The summed E-state index contributed by atoms with van der Waals surface area (Å²) < 4.78 is 12.1. The van der Waals surface area contributed by atoms with Crippen LogP contribution in [0.2, 0.25) is 0 Å². The first-order valence-electron chi connectivity index (χ1n) is 9.35. The van der Waals surface area contributed by atoms with Crippen LogP contribution in [0.4, 0.5) is 0 Å². The van der Waals surface area contributed by atoms with E-state index in [-0.39, 0.29) is 11.3 Å². The number of hydrogen-bond donors (Lipinski definition) is 0. The van der Waals surface area contributed by atoms with Gasteiger partial charge in [0.05, 0.1) is 32.0 Å². The van der Waals surface area contributed by atoms with Crippen LogP contribution in [-0.4, -0.2) is 29.6 Å². The number of carbonyl (C=O) groups excluding carboxylic acids is 1. The molecule has 0 bridgehead atoms. The molecule has 0 aliphatic heterocycles. The number of Topliss-reactive ketones (excluding diaryl/α,β-unsaturated/α-hetero) is 1. The molecule has 4 rings (SSSR count). The van der Waals surface area contributed by atoms with Gasteiger partial charge >= 0.3 is 0 Å². The maximum Gasteiger partial charge on any atom is 0.263 e. The van der Waals surface area contributed by atoms with Crippen molar-refractivity contribution in [2.24, 2.45) is 0 Å². The Morgan fingerprint density at radius 1 is 1.07 bits per heavy atom. The lowest BCUT2D eigenvalue weighted by atomic mass is 10.0. The van der Waals surface area contributed by atoms with Gasteiger partial charge < -0.3 is 9.47 Å². The third-order valence-corrected chi connectivity index (χ3v) is 5.96. The SMILES string of the molecule is COc1ccc(-c2csc3ncn(C(C)C(=O)c4ccccc4)c(=O)c23)cc1OC. The van der Waals surface area contributed by atoms with Gasteiger partial charge in [0.1, 0.15) is 4.83 Å². The number of methoxy groups -OCH3 is 2. The highest BCUT2D eigenvalue weighted by Gasteiger charge is 2.21. The number of ketones is 1. The number of ether oxygens (including phenoxy) is 2. The van der Waals surface area contributed by atoms with Gasteiger partial charge in [0.25, 0.3) is 5.56 Å². The summed E-state index contributed by atoms with van der Waals surface area (Å²) in [5.41, 5.74) is 1.88. The van der Waals surface area contributed by atoms with Crippen molar-refractivity contribution >= 4 is 27.3 Å². The van der Waals surface area contributed by atoms with E-state index in [2.05, 4.69) is 4.98 Å². The third kappa shape index (κ3) is 3.37. The molecule has 0 aliphatic carbocycles. The second kappa shape index (κ2) is 8.12. The number of aromatic nitrogens is 2. The lowest BCUT2D eigenvalue weighted by Gasteiger charge is -2.14. The van der Waals surface area contributed by atoms with Crippen LogP contribution in [0, 0.1) is 0 Å². The second-order valence-corrected chi connectivity index (χ2v) is 7.62. The molecular formula is C23H20N2O4S. The molecule has 0 aliphatic rings. The molecule has 30 heavy (non-hydrogen) atoms. The Bertz CT molecular complexity index is 1280. The van der Waals surface area contributed by atoms with Gasteiger partial charge in [-0.15, -0.1) is 11.3 Å². The summed E-state index contributed by atoms with van der Waals surface area (Å²) in [7, 11) is 3.14. The van der Waals surface area contributed by atoms with E-state index in [9.17, 15) is 9.59 Å².